The Morgan fingerprint density at radius 3 is 2.65 bits per heavy atom. The number of tetrazole rings is 1. The first-order chi connectivity index (χ1) is 8.09. The highest BCUT2D eigenvalue weighted by Gasteiger charge is 2.18. The summed E-state index contributed by atoms with van der Waals surface area (Å²) in [5.41, 5.74) is 0.273. The van der Waals surface area contributed by atoms with Gasteiger partial charge >= 0.3 is 13.1 Å². The van der Waals surface area contributed by atoms with Crippen LogP contribution in [-0.2, 0) is 0 Å². The molecule has 17 heavy (non-hydrogen) atoms. The number of hydrogen-bond donors (Lipinski definition) is 3. The average molecular weight is 234 g/mol. The molecule has 0 unspecified atom stereocenters. The zero-order chi connectivity index (χ0) is 12.4. The summed E-state index contributed by atoms with van der Waals surface area (Å²) in [6.07, 6.45) is 1.22. The van der Waals surface area contributed by atoms with Crippen molar-refractivity contribution in [2.24, 2.45) is 0 Å². The number of carboxylic acid groups (broad SMARTS) is 1. The molecule has 0 aliphatic carbocycles. The highest BCUT2D eigenvalue weighted by molar-refractivity contribution is 6.58. The largest absolute Gasteiger partial charge is 0.488 e. The van der Waals surface area contributed by atoms with Crippen LogP contribution in [0.5, 0.6) is 0 Å². The van der Waals surface area contributed by atoms with Crippen molar-refractivity contribution in [3.8, 4) is 5.69 Å². The SMILES string of the molecule is O=C(O)c1ccc(B(O)O)cc1-n1cnnn1. The first-order valence-electron chi connectivity index (χ1n) is 4.56. The van der Waals surface area contributed by atoms with Gasteiger partial charge in [-0.15, -0.1) is 5.10 Å². The van der Waals surface area contributed by atoms with Gasteiger partial charge in [-0.2, -0.15) is 4.68 Å². The van der Waals surface area contributed by atoms with Crippen LogP contribution in [0, 0.1) is 0 Å². The maximum absolute atomic E-state index is 11.0. The van der Waals surface area contributed by atoms with E-state index < -0.39 is 13.1 Å². The smallest absolute Gasteiger partial charge is 0.478 e. The van der Waals surface area contributed by atoms with Crippen molar-refractivity contribution in [3.05, 3.63) is 30.1 Å². The van der Waals surface area contributed by atoms with Crippen LogP contribution in [-0.4, -0.2) is 48.4 Å². The molecule has 0 radical (unpaired) electrons. The minimum Gasteiger partial charge on any atom is -0.478 e. The van der Waals surface area contributed by atoms with Crippen LogP contribution in [0.25, 0.3) is 5.69 Å². The molecule has 0 spiro atoms. The maximum atomic E-state index is 11.0. The van der Waals surface area contributed by atoms with Crippen molar-refractivity contribution >= 4 is 18.6 Å². The van der Waals surface area contributed by atoms with E-state index in [0.717, 1.165) is 4.68 Å². The molecule has 0 bridgehead atoms. The summed E-state index contributed by atoms with van der Waals surface area (Å²) in [6, 6.07) is 3.86. The van der Waals surface area contributed by atoms with Gasteiger partial charge in [-0.25, -0.2) is 4.79 Å². The topological polar surface area (TPSA) is 121 Å². The van der Waals surface area contributed by atoms with Gasteiger partial charge in [-0.1, -0.05) is 6.07 Å². The molecule has 0 amide bonds. The molecule has 9 heteroatoms. The molecule has 1 aromatic carbocycles. The Morgan fingerprint density at radius 2 is 2.12 bits per heavy atom. The summed E-state index contributed by atoms with van der Waals surface area (Å²) in [5, 5.41) is 37.4. The van der Waals surface area contributed by atoms with E-state index in [1.807, 2.05) is 0 Å². The number of aromatic nitrogens is 4. The Balaban J connectivity index is 2.60. The van der Waals surface area contributed by atoms with Crippen molar-refractivity contribution in [3.63, 3.8) is 0 Å². The number of benzene rings is 1. The van der Waals surface area contributed by atoms with E-state index in [2.05, 4.69) is 15.5 Å². The van der Waals surface area contributed by atoms with Crippen LogP contribution < -0.4 is 5.46 Å². The van der Waals surface area contributed by atoms with Gasteiger partial charge in [0.05, 0.1) is 11.3 Å². The zero-order valence-corrected chi connectivity index (χ0v) is 8.43. The quantitative estimate of drug-likeness (QED) is 0.527. The Bertz CT molecular complexity index is 542. The minimum atomic E-state index is -1.69. The molecule has 8 nitrogen and oxygen atoms in total. The summed E-state index contributed by atoms with van der Waals surface area (Å²) >= 11 is 0. The van der Waals surface area contributed by atoms with Gasteiger partial charge in [-0.05, 0) is 28.0 Å². The lowest BCUT2D eigenvalue weighted by molar-refractivity contribution is 0.0696. The van der Waals surface area contributed by atoms with Gasteiger partial charge in [0.15, 0.2) is 0 Å². The van der Waals surface area contributed by atoms with E-state index in [9.17, 15) is 4.79 Å². The van der Waals surface area contributed by atoms with Gasteiger partial charge in [0.25, 0.3) is 0 Å². The number of hydrogen-bond acceptors (Lipinski definition) is 6. The summed E-state index contributed by atoms with van der Waals surface area (Å²) in [5.74, 6) is -1.16. The van der Waals surface area contributed by atoms with Crippen molar-refractivity contribution in [2.45, 2.75) is 0 Å². The molecule has 3 N–H and O–H groups in total. The summed E-state index contributed by atoms with van der Waals surface area (Å²) < 4.78 is 1.13. The second-order valence-corrected chi connectivity index (χ2v) is 3.21. The Labute approximate surface area is 95.3 Å². The first-order valence-corrected chi connectivity index (χ1v) is 4.56. The molecule has 0 atom stereocenters. The predicted molar refractivity (Wildman–Crippen MR) is 55.9 cm³/mol. The fraction of sp³-hybridized carbons (Fsp3) is 0. The maximum Gasteiger partial charge on any atom is 0.488 e. The zero-order valence-electron chi connectivity index (χ0n) is 8.43. The number of rotatable bonds is 3. The number of carboxylic acids is 1. The van der Waals surface area contributed by atoms with Crippen LogP contribution in [0.3, 0.4) is 0 Å². The molecular formula is C8H7BN4O4. The molecule has 2 rings (SSSR count). The lowest BCUT2D eigenvalue weighted by atomic mass is 9.79. The number of nitrogens with zero attached hydrogens (tertiary/aromatic N) is 4. The molecule has 0 saturated heterocycles. The lowest BCUT2D eigenvalue weighted by Crippen LogP contribution is -2.30. The normalized spacial score (nSPS) is 10.2. The van der Waals surface area contributed by atoms with Crippen LogP contribution in [0.2, 0.25) is 0 Å². The van der Waals surface area contributed by atoms with Gasteiger partial charge in [0, 0.05) is 0 Å². The molecule has 2 aromatic rings. The van der Waals surface area contributed by atoms with Crippen LogP contribution in [0.15, 0.2) is 24.5 Å². The molecule has 1 heterocycles. The van der Waals surface area contributed by atoms with E-state index in [4.69, 9.17) is 15.2 Å². The first kappa shape index (κ1) is 11.2. The van der Waals surface area contributed by atoms with Gasteiger partial charge in [0.2, 0.25) is 0 Å². The van der Waals surface area contributed by atoms with Crippen molar-refractivity contribution < 1.29 is 19.9 Å². The molecule has 0 aliphatic rings. The Hall–Kier alpha value is -2.26. The van der Waals surface area contributed by atoms with Crippen LogP contribution >= 0.6 is 0 Å². The second kappa shape index (κ2) is 4.32. The van der Waals surface area contributed by atoms with Crippen LogP contribution in [0.1, 0.15) is 10.4 Å². The monoisotopic (exact) mass is 234 g/mol. The van der Waals surface area contributed by atoms with Gasteiger partial charge < -0.3 is 15.2 Å². The summed E-state index contributed by atoms with van der Waals surface area (Å²) in [7, 11) is -1.69. The molecular weight excluding hydrogens is 227 g/mol. The molecule has 0 saturated carbocycles. The predicted octanol–water partition coefficient (Wildman–Crippen LogP) is -1.96. The van der Waals surface area contributed by atoms with E-state index >= 15 is 0 Å². The molecule has 1 aromatic heterocycles. The van der Waals surface area contributed by atoms with E-state index in [1.54, 1.807) is 0 Å². The van der Waals surface area contributed by atoms with Gasteiger partial charge in [-0.3, -0.25) is 0 Å². The fourth-order valence-corrected chi connectivity index (χ4v) is 1.35. The van der Waals surface area contributed by atoms with Crippen molar-refractivity contribution in [2.75, 3.05) is 0 Å². The standard InChI is InChI=1S/C8H7BN4O4/c14-8(15)6-2-1-5(9(16)17)3-7(6)13-4-10-11-12-13/h1-4,16-17H,(H,14,15). The summed E-state index contributed by atoms with van der Waals surface area (Å²) in [4.78, 5) is 11.0. The van der Waals surface area contributed by atoms with E-state index in [-0.39, 0.29) is 16.7 Å². The molecule has 86 valence electrons. The minimum absolute atomic E-state index is 0.0401. The number of carbonyl (C=O) groups is 1. The highest BCUT2D eigenvalue weighted by Crippen LogP contribution is 2.11. The van der Waals surface area contributed by atoms with E-state index in [0.29, 0.717) is 0 Å². The molecule has 0 aliphatic heterocycles. The third-order valence-corrected chi connectivity index (χ3v) is 2.15. The second-order valence-electron chi connectivity index (χ2n) is 3.21. The van der Waals surface area contributed by atoms with E-state index in [1.165, 1.54) is 24.5 Å². The van der Waals surface area contributed by atoms with Crippen molar-refractivity contribution in [1.82, 2.24) is 20.2 Å². The highest BCUT2D eigenvalue weighted by atomic mass is 16.4. The Kier molecular flexibility index (Phi) is 2.85. The number of aromatic carboxylic acids is 1. The summed E-state index contributed by atoms with van der Waals surface area (Å²) in [6.45, 7) is 0. The van der Waals surface area contributed by atoms with Crippen molar-refractivity contribution in [1.29, 1.82) is 0 Å². The third kappa shape index (κ3) is 2.14. The van der Waals surface area contributed by atoms with Crippen LogP contribution in [0.4, 0.5) is 0 Å². The van der Waals surface area contributed by atoms with Gasteiger partial charge in [0.1, 0.15) is 6.33 Å². The Morgan fingerprint density at radius 1 is 1.35 bits per heavy atom. The average Bonchev–Trinajstić information content (AvgIpc) is 2.81. The molecule has 0 fully saturated rings. The third-order valence-electron chi connectivity index (χ3n) is 2.15. The fourth-order valence-electron chi connectivity index (χ4n) is 1.35. The lowest BCUT2D eigenvalue weighted by Gasteiger charge is -2.07.